The number of amides is 1. The highest BCUT2D eigenvalue weighted by Gasteiger charge is 2.24. The molecule has 0 heterocycles. The molecule has 17 heavy (non-hydrogen) atoms. The highest BCUT2D eigenvalue weighted by atomic mass is 79.9. The molecular weight excluding hydrogens is 284 g/mol. The lowest BCUT2D eigenvalue weighted by molar-refractivity contribution is -0.117. The van der Waals surface area contributed by atoms with Crippen LogP contribution in [0.2, 0.25) is 0 Å². The molecule has 0 bridgehead atoms. The van der Waals surface area contributed by atoms with Crippen molar-refractivity contribution < 1.29 is 9.53 Å². The van der Waals surface area contributed by atoms with Gasteiger partial charge in [-0.25, -0.2) is 0 Å². The van der Waals surface area contributed by atoms with E-state index in [0.29, 0.717) is 17.0 Å². The number of anilines is 1. The van der Waals surface area contributed by atoms with Crippen molar-refractivity contribution in [2.75, 3.05) is 12.4 Å². The van der Waals surface area contributed by atoms with Crippen LogP contribution in [-0.2, 0) is 4.79 Å². The predicted molar refractivity (Wildman–Crippen MR) is 69.3 cm³/mol. The molecule has 0 atom stereocenters. The number of nitriles is 1. The predicted octanol–water partition coefficient (Wildman–Crippen LogP) is 2.68. The molecule has 0 aromatic heterocycles. The minimum atomic E-state index is -0.661. The monoisotopic (exact) mass is 296 g/mol. The molecule has 1 amide bonds. The largest absolute Gasteiger partial charge is 0.495 e. The van der Waals surface area contributed by atoms with Crippen molar-refractivity contribution in [1.82, 2.24) is 0 Å². The fraction of sp³-hybridized carbons (Fsp3) is 0.333. The molecular formula is C12H13BrN2O2. The lowest BCUT2D eigenvalue weighted by Gasteiger charge is -2.17. The Kier molecular flexibility index (Phi) is 4.13. The van der Waals surface area contributed by atoms with E-state index >= 15 is 0 Å². The molecule has 0 fully saturated rings. The highest BCUT2D eigenvalue weighted by molar-refractivity contribution is 9.10. The van der Waals surface area contributed by atoms with Crippen molar-refractivity contribution >= 4 is 27.5 Å². The maximum Gasteiger partial charge on any atom is 0.240 e. The molecule has 1 rings (SSSR count). The van der Waals surface area contributed by atoms with E-state index in [1.54, 1.807) is 32.0 Å². The third kappa shape index (κ3) is 3.46. The zero-order valence-electron chi connectivity index (χ0n) is 9.87. The quantitative estimate of drug-likeness (QED) is 0.872. The molecule has 0 spiro atoms. The number of hydrogen-bond donors (Lipinski definition) is 1. The first kappa shape index (κ1) is 13.5. The standard InChI is InChI=1S/C12H13BrN2O2/c1-12(2,13)11(16)15-9-5-4-8(7-14)6-10(9)17-3/h4-6H,1-3H3,(H,15,16). The Balaban J connectivity index is 3.00. The van der Waals surface area contributed by atoms with Crippen LogP contribution in [0.5, 0.6) is 5.75 Å². The molecule has 5 heteroatoms. The third-order valence-corrected chi connectivity index (χ3v) is 2.48. The molecule has 1 aromatic rings. The first-order valence-corrected chi connectivity index (χ1v) is 5.76. The summed E-state index contributed by atoms with van der Waals surface area (Å²) in [7, 11) is 1.49. The maximum absolute atomic E-state index is 11.8. The molecule has 0 saturated carbocycles. The van der Waals surface area contributed by atoms with Gasteiger partial charge in [0.05, 0.1) is 28.8 Å². The molecule has 1 aromatic carbocycles. The Bertz CT molecular complexity index is 472. The van der Waals surface area contributed by atoms with Crippen LogP contribution < -0.4 is 10.1 Å². The SMILES string of the molecule is COc1cc(C#N)ccc1NC(=O)C(C)(C)Br. The first-order chi connectivity index (χ1) is 7.88. The van der Waals surface area contributed by atoms with Crippen molar-refractivity contribution in [3.8, 4) is 11.8 Å². The van der Waals surface area contributed by atoms with Crippen LogP contribution in [0.25, 0.3) is 0 Å². The molecule has 0 saturated heterocycles. The third-order valence-electron chi connectivity index (χ3n) is 2.12. The number of carbonyl (C=O) groups excluding carboxylic acids is 1. The van der Waals surface area contributed by atoms with Gasteiger partial charge < -0.3 is 10.1 Å². The number of nitrogens with zero attached hydrogens (tertiary/aromatic N) is 1. The number of benzene rings is 1. The molecule has 0 unspecified atom stereocenters. The van der Waals surface area contributed by atoms with Gasteiger partial charge >= 0.3 is 0 Å². The summed E-state index contributed by atoms with van der Waals surface area (Å²) >= 11 is 3.27. The van der Waals surface area contributed by atoms with Crippen LogP contribution in [-0.4, -0.2) is 17.3 Å². The Morgan fingerprint density at radius 2 is 2.18 bits per heavy atom. The fourth-order valence-electron chi connectivity index (χ4n) is 1.13. The van der Waals surface area contributed by atoms with Crippen molar-refractivity contribution in [2.45, 2.75) is 18.2 Å². The van der Waals surface area contributed by atoms with Gasteiger partial charge in [0.1, 0.15) is 5.75 Å². The fourth-order valence-corrected chi connectivity index (χ4v) is 1.23. The van der Waals surface area contributed by atoms with E-state index < -0.39 is 4.32 Å². The summed E-state index contributed by atoms with van der Waals surface area (Å²) in [6, 6.07) is 6.86. The van der Waals surface area contributed by atoms with Gasteiger partial charge in [0, 0.05) is 6.07 Å². The minimum Gasteiger partial charge on any atom is -0.495 e. The van der Waals surface area contributed by atoms with Gasteiger partial charge in [0.2, 0.25) is 5.91 Å². The van der Waals surface area contributed by atoms with Gasteiger partial charge in [-0.05, 0) is 26.0 Å². The van der Waals surface area contributed by atoms with Gasteiger partial charge in [0.25, 0.3) is 0 Å². The second-order valence-corrected chi connectivity index (χ2v) is 5.94. The van der Waals surface area contributed by atoms with Crippen molar-refractivity contribution in [1.29, 1.82) is 5.26 Å². The van der Waals surface area contributed by atoms with Crippen LogP contribution in [0.4, 0.5) is 5.69 Å². The Morgan fingerprint density at radius 1 is 1.53 bits per heavy atom. The zero-order chi connectivity index (χ0) is 13.1. The maximum atomic E-state index is 11.8. The second kappa shape index (κ2) is 5.19. The van der Waals surface area contributed by atoms with Crippen LogP contribution >= 0.6 is 15.9 Å². The van der Waals surface area contributed by atoms with Gasteiger partial charge in [-0.3, -0.25) is 4.79 Å². The summed E-state index contributed by atoms with van der Waals surface area (Å²) in [4.78, 5) is 11.8. The molecule has 4 nitrogen and oxygen atoms in total. The Morgan fingerprint density at radius 3 is 2.65 bits per heavy atom. The van der Waals surface area contributed by atoms with E-state index in [9.17, 15) is 4.79 Å². The van der Waals surface area contributed by atoms with Gasteiger partial charge in [0.15, 0.2) is 0 Å². The summed E-state index contributed by atoms with van der Waals surface area (Å²) in [6.45, 7) is 3.50. The summed E-state index contributed by atoms with van der Waals surface area (Å²) in [5, 5.41) is 11.5. The molecule has 0 aliphatic rings. The van der Waals surface area contributed by atoms with Crippen molar-refractivity contribution in [3.63, 3.8) is 0 Å². The smallest absolute Gasteiger partial charge is 0.240 e. The zero-order valence-corrected chi connectivity index (χ0v) is 11.5. The van der Waals surface area contributed by atoms with Crippen LogP contribution in [0.15, 0.2) is 18.2 Å². The van der Waals surface area contributed by atoms with Crippen LogP contribution in [0.3, 0.4) is 0 Å². The Hall–Kier alpha value is -1.54. The van der Waals surface area contributed by atoms with Gasteiger partial charge in [-0.1, -0.05) is 15.9 Å². The number of ether oxygens (including phenoxy) is 1. The normalized spacial score (nSPS) is 10.5. The number of halogens is 1. The van der Waals surface area contributed by atoms with E-state index in [0.717, 1.165) is 0 Å². The van der Waals surface area contributed by atoms with Gasteiger partial charge in [-0.15, -0.1) is 0 Å². The number of hydrogen-bond acceptors (Lipinski definition) is 3. The number of alkyl halides is 1. The Labute approximate surface area is 109 Å². The van der Waals surface area contributed by atoms with E-state index in [4.69, 9.17) is 10.00 Å². The summed E-state index contributed by atoms with van der Waals surface area (Å²) < 4.78 is 4.46. The van der Waals surface area contributed by atoms with E-state index in [-0.39, 0.29) is 5.91 Å². The lowest BCUT2D eigenvalue weighted by Crippen LogP contribution is -2.31. The number of carbonyl (C=O) groups is 1. The van der Waals surface area contributed by atoms with E-state index in [1.807, 2.05) is 6.07 Å². The minimum absolute atomic E-state index is 0.180. The highest BCUT2D eigenvalue weighted by Crippen LogP contribution is 2.27. The van der Waals surface area contributed by atoms with Crippen LogP contribution in [0.1, 0.15) is 19.4 Å². The van der Waals surface area contributed by atoms with Crippen LogP contribution in [0, 0.1) is 11.3 Å². The summed E-state index contributed by atoms with van der Waals surface area (Å²) in [6.07, 6.45) is 0. The van der Waals surface area contributed by atoms with Crippen molar-refractivity contribution in [3.05, 3.63) is 23.8 Å². The molecule has 0 aliphatic heterocycles. The van der Waals surface area contributed by atoms with E-state index in [1.165, 1.54) is 7.11 Å². The summed E-state index contributed by atoms with van der Waals surface area (Å²) in [5.41, 5.74) is 1.03. The molecule has 0 aliphatic carbocycles. The number of rotatable bonds is 3. The number of nitrogens with one attached hydrogen (secondary N) is 1. The average molecular weight is 297 g/mol. The first-order valence-electron chi connectivity index (χ1n) is 4.97. The topological polar surface area (TPSA) is 62.1 Å². The summed E-state index contributed by atoms with van der Waals surface area (Å²) in [5.74, 6) is 0.287. The molecule has 90 valence electrons. The molecule has 1 N–H and O–H groups in total. The molecule has 0 radical (unpaired) electrons. The van der Waals surface area contributed by atoms with E-state index in [2.05, 4.69) is 21.2 Å². The van der Waals surface area contributed by atoms with Crippen molar-refractivity contribution in [2.24, 2.45) is 0 Å². The second-order valence-electron chi connectivity index (χ2n) is 3.95. The average Bonchev–Trinajstić information content (AvgIpc) is 2.28. The number of methoxy groups -OCH3 is 1. The van der Waals surface area contributed by atoms with Gasteiger partial charge in [-0.2, -0.15) is 5.26 Å². The lowest BCUT2D eigenvalue weighted by atomic mass is 10.1.